The molecule has 2 aromatic carbocycles. The zero-order chi connectivity index (χ0) is 20.1. The Balaban J connectivity index is 1.61. The van der Waals surface area contributed by atoms with E-state index in [1.807, 2.05) is 54.6 Å². The Bertz CT molecular complexity index is 948. The Morgan fingerprint density at radius 3 is 2.48 bits per heavy atom. The van der Waals surface area contributed by atoms with Crippen molar-refractivity contribution in [3.05, 3.63) is 65.0 Å². The summed E-state index contributed by atoms with van der Waals surface area (Å²) in [5, 5.41) is 3.61. The summed E-state index contributed by atoms with van der Waals surface area (Å²) in [6.07, 6.45) is 3.80. The van der Waals surface area contributed by atoms with Crippen LogP contribution in [0, 0.1) is 0 Å². The van der Waals surface area contributed by atoms with Crippen LogP contribution in [0.25, 0.3) is 11.3 Å². The van der Waals surface area contributed by atoms with Crippen LogP contribution in [0.2, 0.25) is 0 Å². The highest BCUT2D eigenvalue weighted by atomic mass is 32.1. The van der Waals surface area contributed by atoms with Crippen LogP contribution in [-0.4, -0.2) is 36.0 Å². The predicted octanol–water partition coefficient (Wildman–Crippen LogP) is 5.06. The molecule has 1 aliphatic heterocycles. The van der Waals surface area contributed by atoms with Crippen LogP contribution in [0.3, 0.4) is 0 Å². The van der Waals surface area contributed by atoms with Crippen molar-refractivity contribution in [2.24, 2.45) is 0 Å². The Kier molecular flexibility index (Phi) is 6.22. The summed E-state index contributed by atoms with van der Waals surface area (Å²) >= 11 is 1.56. The van der Waals surface area contributed by atoms with E-state index in [0.29, 0.717) is 10.7 Å². The lowest BCUT2D eigenvalue weighted by Gasteiger charge is -2.26. The molecule has 0 atom stereocenters. The second-order valence-electron chi connectivity index (χ2n) is 7.18. The number of hydrogen-bond donors (Lipinski definition) is 1. The molecule has 1 amide bonds. The molecular weight excluding hydrogens is 382 g/mol. The van der Waals surface area contributed by atoms with Crippen LogP contribution in [0.1, 0.15) is 34.5 Å². The van der Waals surface area contributed by atoms with E-state index in [9.17, 15) is 4.79 Å². The number of amides is 1. The second-order valence-corrected chi connectivity index (χ2v) is 8.26. The van der Waals surface area contributed by atoms with E-state index in [-0.39, 0.29) is 5.91 Å². The highest BCUT2D eigenvalue weighted by Gasteiger charge is 2.19. The number of likely N-dealkylation sites (tertiary alicyclic amines) is 1. The third-order valence-electron chi connectivity index (χ3n) is 5.13. The second kappa shape index (κ2) is 9.20. The van der Waals surface area contributed by atoms with Gasteiger partial charge in [-0.1, -0.05) is 36.0 Å². The number of hydrogen-bond acceptors (Lipinski definition) is 5. The number of nitrogens with zero attached hydrogens (tertiary/aromatic N) is 2. The van der Waals surface area contributed by atoms with E-state index in [2.05, 4.69) is 10.2 Å². The Morgan fingerprint density at radius 1 is 1.07 bits per heavy atom. The molecule has 2 heterocycles. The number of benzene rings is 2. The van der Waals surface area contributed by atoms with Crippen molar-refractivity contribution in [1.82, 2.24) is 9.88 Å². The molecule has 0 aliphatic carbocycles. The quantitative estimate of drug-likeness (QED) is 0.621. The van der Waals surface area contributed by atoms with Crippen molar-refractivity contribution >= 4 is 22.4 Å². The topological polar surface area (TPSA) is 54.5 Å². The van der Waals surface area contributed by atoms with Gasteiger partial charge in [0.1, 0.15) is 5.75 Å². The van der Waals surface area contributed by atoms with Gasteiger partial charge in [0, 0.05) is 22.5 Å². The fraction of sp³-hybridized carbons (Fsp3) is 0.304. The molecule has 1 aromatic heterocycles. The van der Waals surface area contributed by atoms with Gasteiger partial charge in [0.15, 0.2) is 5.13 Å². The first kappa shape index (κ1) is 19.6. The minimum absolute atomic E-state index is 0.134. The summed E-state index contributed by atoms with van der Waals surface area (Å²) in [5.74, 6) is 0.685. The number of aromatic nitrogens is 1. The Hall–Kier alpha value is -2.70. The van der Waals surface area contributed by atoms with Gasteiger partial charge in [0.05, 0.1) is 12.8 Å². The molecule has 0 spiro atoms. The van der Waals surface area contributed by atoms with Gasteiger partial charge >= 0.3 is 0 Å². The fourth-order valence-corrected chi connectivity index (χ4v) is 4.59. The van der Waals surface area contributed by atoms with Gasteiger partial charge in [-0.15, -0.1) is 0 Å². The molecule has 3 aromatic rings. The van der Waals surface area contributed by atoms with Crippen LogP contribution in [0.5, 0.6) is 5.75 Å². The normalized spacial score (nSPS) is 14.5. The van der Waals surface area contributed by atoms with Crippen molar-refractivity contribution in [3.8, 4) is 17.0 Å². The lowest BCUT2D eigenvalue weighted by atomic mass is 10.1. The van der Waals surface area contributed by atoms with Gasteiger partial charge in [-0.25, -0.2) is 4.98 Å². The van der Waals surface area contributed by atoms with Gasteiger partial charge < -0.3 is 4.74 Å². The highest BCUT2D eigenvalue weighted by Crippen LogP contribution is 2.34. The SMILES string of the molecule is COc1ccc(-c2nc(NC(=O)c3ccccc3)sc2CN2CCCCC2)cc1. The van der Waals surface area contributed by atoms with Gasteiger partial charge in [0.25, 0.3) is 5.91 Å². The van der Waals surface area contributed by atoms with E-state index in [1.54, 1.807) is 18.4 Å². The Labute approximate surface area is 175 Å². The number of piperidine rings is 1. The maximum Gasteiger partial charge on any atom is 0.257 e. The smallest absolute Gasteiger partial charge is 0.257 e. The minimum Gasteiger partial charge on any atom is -0.497 e. The molecule has 0 unspecified atom stereocenters. The standard InChI is InChI=1S/C23H25N3O2S/c1-28-19-12-10-17(11-13-19)21-20(16-26-14-6-3-7-15-26)29-23(24-21)25-22(27)18-8-4-2-5-9-18/h2,4-5,8-13H,3,6-7,14-16H2,1H3,(H,24,25,27). The maximum atomic E-state index is 12.6. The van der Waals surface area contributed by atoms with Crippen LogP contribution in [0.15, 0.2) is 54.6 Å². The average molecular weight is 408 g/mol. The summed E-state index contributed by atoms with van der Waals surface area (Å²) in [5.41, 5.74) is 2.60. The summed E-state index contributed by atoms with van der Waals surface area (Å²) < 4.78 is 5.28. The number of methoxy groups -OCH3 is 1. The predicted molar refractivity (Wildman–Crippen MR) is 118 cm³/mol. The largest absolute Gasteiger partial charge is 0.497 e. The molecule has 1 fully saturated rings. The van der Waals surface area contributed by atoms with E-state index >= 15 is 0 Å². The zero-order valence-electron chi connectivity index (χ0n) is 16.6. The molecule has 29 heavy (non-hydrogen) atoms. The van der Waals surface area contributed by atoms with Crippen LogP contribution in [0.4, 0.5) is 5.13 Å². The van der Waals surface area contributed by atoms with Gasteiger partial charge in [0.2, 0.25) is 0 Å². The lowest BCUT2D eigenvalue weighted by molar-refractivity contribution is 0.102. The van der Waals surface area contributed by atoms with Gasteiger partial charge in [-0.05, 0) is 62.3 Å². The number of nitrogens with one attached hydrogen (secondary N) is 1. The number of ether oxygens (including phenoxy) is 1. The molecule has 1 saturated heterocycles. The first-order valence-electron chi connectivity index (χ1n) is 9.96. The lowest BCUT2D eigenvalue weighted by Crippen LogP contribution is -2.28. The van der Waals surface area contributed by atoms with Crippen LogP contribution < -0.4 is 10.1 Å². The van der Waals surface area contributed by atoms with Gasteiger partial charge in [-0.3, -0.25) is 15.0 Å². The number of anilines is 1. The van der Waals surface area contributed by atoms with E-state index in [0.717, 1.165) is 36.6 Å². The Morgan fingerprint density at radius 2 is 1.79 bits per heavy atom. The molecular formula is C23H25N3O2S. The molecule has 150 valence electrons. The van der Waals surface area contributed by atoms with Crippen molar-refractivity contribution in [1.29, 1.82) is 0 Å². The van der Waals surface area contributed by atoms with E-state index in [1.165, 1.54) is 24.1 Å². The molecule has 0 saturated carbocycles. The highest BCUT2D eigenvalue weighted by molar-refractivity contribution is 7.16. The third kappa shape index (κ3) is 4.83. The molecule has 0 bridgehead atoms. The summed E-state index contributed by atoms with van der Waals surface area (Å²) in [6, 6.07) is 17.2. The van der Waals surface area contributed by atoms with Crippen molar-refractivity contribution in [2.75, 3.05) is 25.5 Å². The first-order valence-corrected chi connectivity index (χ1v) is 10.8. The zero-order valence-corrected chi connectivity index (χ0v) is 17.4. The maximum absolute atomic E-state index is 12.6. The van der Waals surface area contributed by atoms with Crippen molar-refractivity contribution in [2.45, 2.75) is 25.8 Å². The number of rotatable bonds is 6. The van der Waals surface area contributed by atoms with E-state index in [4.69, 9.17) is 9.72 Å². The molecule has 1 aliphatic rings. The van der Waals surface area contributed by atoms with Crippen molar-refractivity contribution < 1.29 is 9.53 Å². The summed E-state index contributed by atoms with van der Waals surface area (Å²) in [4.78, 5) is 21.0. The van der Waals surface area contributed by atoms with Gasteiger partial charge in [-0.2, -0.15) is 0 Å². The summed E-state index contributed by atoms with van der Waals surface area (Å²) in [6.45, 7) is 3.09. The van der Waals surface area contributed by atoms with Crippen LogP contribution >= 0.6 is 11.3 Å². The minimum atomic E-state index is -0.134. The van der Waals surface area contributed by atoms with Crippen LogP contribution in [-0.2, 0) is 6.54 Å². The molecule has 0 radical (unpaired) electrons. The fourth-order valence-electron chi connectivity index (χ4n) is 3.57. The summed E-state index contributed by atoms with van der Waals surface area (Å²) in [7, 11) is 1.66. The van der Waals surface area contributed by atoms with Crippen molar-refractivity contribution in [3.63, 3.8) is 0 Å². The number of carbonyl (C=O) groups excluding carboxylic acids is 1. The van der Waals surface area contributed by atoms with E-state index < -0.39 is 0 Å². The monoisotopic (exact) mass is 407 g/mol. The molecule has 6 heteroatoms. The number of thiazole rings is 1. The third-order valence-corrected chi connectivity index (χ3v) is 6.09. The molecule has 4 rings (SSSR count). The average Bonchev–Trinajstić information content (AvgIpc) is 3.17. The molecule has 1 N–H and O–H groups in total. The first-order chi connectivity index (χ1) is 14.2. The molecule has 5 nitrogen and oxygen atoms in total. The number of carbonyl (C=O) groups is 1.